The Morgan fingerprint density at radius 2 is 1.70 bits per heavy atom. The van der Waals surface area contributed by atoms with Crippen LogP contribution in [0.2, 0.25) is 0 Å². The van der Waals surface area contributed by atoms with Crippen molar-refractivity contribution in [2.75, 3.05) is 43.4 Å². The lowest BCUT2D eigenvalue weighted by atomic mass is 10.1. The number of benzene rings is 3. The Morgan fingerprint density at radius 1 is 0.939 bits per heavy atom. The summed E-state index contributed by atoms with van der Waals surface area (Å²) in [6.07, 6.45) is 0. The third kappa shape index (κ3) is 4.22. The molecule has 0 aliphatic carbocycles. The minimum atomic E-state index is -3.66. The first kappa shape index (κ1) is 21.2. The Balaban J connectivity index is 1.23. The van der Waals surface area contributed by atoms with Gasteiger partial charge in [-0.15, -0.1) is 0 Å². The fourth-order valence-corrected chi connectivity index (χ4v) is 5.43. The number of hydrogen-bond acceptors (Lipinski definition) is 5. The number of carbonyl (C=O) groups is 2. The molecular formula is C23H22N4O5S. The molecular weight excluding hydrogens is 444 g/mol. The molecule has 0 saturated carbocycles. The Bertz CT molecular complexity index is 1350. The number of fused-ring (bicyclic) bond motifs is 2. The predicted octanol–water partition coefficient (Wildman–Crippen LogP) is 2.71. The highest BCUT2D eigenvalue weighted by molar-refractivity contribution is 7.89. The van der Waals surface area contributed by atoms with E-state index in [-0.39, 0.29) is 49.6 Å². The third-order valence-electron chi connectivity index (χ3n) is 5.75. The molecule has 0 bridgehead atoms. The number of ether oxygens (including phenoxy) is 1. The van der Waals surface area contributed by atoms with Gasteiger partial charge in [0.25, 0.3) is 5.91 Å². The van der Waals surface area contributed by atoms with Crippen LogP contribution in [0.15, 0.2) is 65.6 Å². The van der Waals surface area contributed by atoms with Gasteiger partial charge in [-0.3, -0.25) is 4.79 Å². The van der Waals surface area contributed by atoms with E-state index in [0.717, 1.165) is 10.8 Å². The van der Waals surface area contributed by atoms with Crippen LogP contribution in [0.4, 0.5) is 16.2 Å². The number of hydrogen-bond donors (Lipinski definition) is 2. The molecule has 10 heteroatoms. The summed E-state index contributed by atoms with van der Waals surface area (Å²) < 4.78 is 33.0. The summed E-state index contributed by atoms with van der Waals surface area (Å²) in [6, 6.07) is 17.4. The third-order valence-corrected chi connectivity index (χ3v) is 7.64. The van der Waals surface area contributed by atoms with Crippen molar-refractivity contribution in [3.8, 4) is 5.75 Å². The molecule has 2 aliphatic rings. The Labute approximate surface area is 191 Å². The molecule has 0 atom stereocenters. The Hall–Kier alpha value is -3.63. The molecule has 33 heavy (non-hydrogen) atoms. The average Bonchev–Trinajstić information content (AvgIpc) is 2.83. The van der Waals surface area contributed by atoms with Gasteiger partial charge in [-0.2, -0.15) is 4.31 Å². The fraction of sp³-hybridized carbons (Fsp3) is 0.217. The number of sulfonamides is 1. The van der Waals surface area contributed by atoms with Gasteiger partial charge in [-0.25, -0.2) is 13.2 Å². The highest BCUT2D eigenvalue weighted by Crippen LogP contribution is 2.30. The summed E-state index contributed by atoms with van der Waals surface area (Å²) in [5.41, 5.74) is 1.01. The minimum Gasteiger partial charge on any atom is -0.482 e. The van der Waals surface area contributed by atoms with Crippen LogP contribution in [0.5, 0.6) is 5.75 Å². The van der Waals surface area contributed by atoms with Crippen LogP contribution in [-0.4, -0.2) is 62.3 Å². The van der Waals surface area contributed by atoms with E-state index in [9.17, 15) is 18.0 Å². The van der Waals surface area contributed by atoms with Crippen LogP contribution in [0.3, 0.4) is 0 Å². The molecule has 2 N–H and O–H groups in total. The number of nitrogens with zero attached hydrogens (tertiary/aromatic N) is 2. The fourth-order valence-electron chi connectivity index (χ4n) is 3.97. The zero-order valence-corrected chi connectivity index (χ0v) is 18.5. The van der Waals surface area contributed by atoms with Gasteiger partial charge in [0.2, 0.25) is 10.0 Å². The molecule has 0 aromatic heterocycles. The number of anilines is 2. The molecule has 9 nitrogen and oxygen atoms in total. The molecule has 2 aliphatic heterocycles. The first-order chi connectivity index (χ1) is 15.9. The summed E-state index contributed by atoms with van der Waals surface area (Å²) in [7, 11) is -3.66. The quantitative estimate of drug-likeness (QED) is 0.617. The topological polar surface area (TPSA) is 108 Å². The van der Waals surface area contributed by atoms with Crippen molar-refractivity contribution in [3.63, 3.8) is 0 Å². The van der Waals surface area contributed by atoms with E-state index in [4.69, 9.17) is 4.74 Å². The molecule has 5 rings (SSSR count). The first-order valence-corrected chi connectivity index (χ1v) is 12.0. The molecule has 0 spiro atoms. The van der Waals surface area contributed by atoms with Crippen LogP contribution in [0.25, 0.3) is 10.8 Å². The van der Waals surface area contributed by atoms with E-state index >= 15 is 0 Å². The summed E-state index contributed by atoms with van der Waals surface area (Å²) in [6.45, 7) is 0.908. The number of carbonyl (C=O) groups excluding carboxylic acids is 2. The van der Waals surface area contributed by atoms with Crippen LogP contribution in [0.1, 0.15) is 0 Å². The second kappa shape index (κ2) is 8.38. The number of nitrogens with one attached hydrogen (secondary N) is 2. The maximum Gasteiger partial charge on any atom is 0.321 e. The van der Waals surface area contributed by atoms with E-state index in [1.54, 1.807) is 41.3 Å². The largest absolute Gasteiger partial charge is 0.482 e. The molecule has 2 heterocycles. The molecule has 0 unspecified atom stereocenters. The molecule has 170 valence electrons. The second-order valence-corrected chi connectivity index (χ2v) is 9.82. The van der Waals surface area contributed by atoms with Crippen LogP contribution in [-0.2, 0) is 14.8 Å². The molecule has 0 radical (unpaired) electrons. The van der Waals surface area contributed by atoms with Crippen molar-refractivity contribution in [1.82, 2.24) is 9.21 Å². The highest BCUT2D eigenvalue weighted by Gasteiger charge is 2.30. The van der Waals surface area contributed by atoms with Crippen LogP contribution in [0, 0.1) is 0 Å². The number of urea groups is 1. The van der Waals surface area contributed by atoms with Gasteiger partial charge in [-0.05, 0) is 41.1 Å². The molecule has 3 amide bonds. The number of rotatable bonds is 3. The Kier molecular flexibility index (Phi) is 5.39. The summed E-state index contributed by atoms with van der Waals surface area (Å²) in [5, 5.41) is 7.34. The normalized spacial score (nSPS) is 16.6. The van der Waals surface area contributed by atoms with Gasteiger partial charge >= 0.3 is 6.03 Å². The smallest absolute Gasteiger partial charge is 0.321 e. The highest BCUT2D eigenvalue weighted by atomic mass is 32.2. The van der Waals surface area contributed by atoms with Crippen molar-refractivity contribution in [2.45, 2.75) is 4.90 Å². The van der Waals surface area contributed by atoms with E-state index in [2.05, 4.69) is 10.6 Å². The summed E-state index contributed by atoms with van der Waals surface area (Å²) >= 11 is 0. The van der Waals surface area contributed by atoms with Crippen molar-refractivity contribution in [2.24, 2.45) is 0 Å². The van der Waals surface area contributed by atoms with Crippen molar-refractivity contribution in [3.05, 3.63) is 60.7 Å². The SMILES string of the molecule is O=C1COc2ccc(NC(=O)N3CCN(S(=O)(=O)c4ccc5ccccc5c4)CC3)cc2N1. The number of piperazine rings is 1. The van der Waals surface area contributed by atoms with Gasteiger partial charge in [0.05, 0.1) is 10.6 Å². The molecule has 1 fully saturated rings. The number of amides is 3. The van der Waals surface area contributed by atoms with E-state index in [0.29, 0.717) is 17.1 Å². The lowest BCUT2D eigenvalue weighted by Crippen LogP contribution is -2.51. The van der Waals surface area contributed by atoms with Crippen LogP contribution < -0.4 is 15.4 Å². The summed E-state index contributed by atoms with van der Waals surface area (Å²) in [4.78, 5) is 26.0. The lowest BCUT2D eigenvalue weighted by Gasteiger charge is -2.34. The zero-order chi connectivity index (χ0) is 23.0. The lowest BCUT2D eigenvalue weighted by molar-refractivity contribution is -0.118. The summed E-state index contributed by atoms with van der Waals surface area (Å²) in [5.74, 6) is 0.287. The predicted molar refractivity (Wildman–Crippen MR) is 124 cm³/mol. The molecule has 3 aromatic rings. The van der Waals surface area contributed by atoms with Gasteiger partial charge in [0, 0.05) is 31.9 Å². The standard InChI is InChI=1S/C23H22N4O5S/c28-22-15-32-21-8-6-18(14-20(21)25-22)24-23(29)26-9-11-27(12-10-26)33(30,31)19-7-5-16-3-1-2-4-17(16)13-19/h1-8,13-14H,9-12,15H2,(H,24,29)(H,25,28). The van der Waals surface area contributed by atoms with Gasteiger partial charge < -0.3 is 20.3 Å². The van der Waals surface area contributed by atoms with Crippen molar-refractivity contribution in [1.29, 1.82) is 0 Å². The first-order valence-electron chi connectivity index (χ1n) is 10.5. The van der Waals surface area contributed by atoms with Crippen molar-refractivity contribution < 1.29 is 22.7 Å². The van der Waals surface area contributed by atoms with Gasteiger partial charge in [0.15, 0.2) is 6.61 Å². The van der Waals surface area contributed by atoms with E-state index in [1.165, 1.54) is 4.31 Å². The monoisotopic (exact) mass is 466 g/mol. The van der Waals surface area contributed by atoms with Crippen molar-refractivity contribution >= 4 is 44.1 Å². The maximum atomic E-state index is 13.1. The molecule has 1 saturated heterocycles. The average molecular weight is 467 g/mol. The maximum absolute atomic E-state index is 13.1. The van der Waals surface area contributed by atoms with Gasteiger partial charge in [-0.1, -0.05) is 30.3 Å². The second-order valence-electron chi connectivity index (χ2n) is 7.88. The van der Waals surface area contributed by atoms with E-state index in [1.807, 2.05) is 24.3 Å². The minimum absolute atomic E-state index is 0.0366. The molecule has 3 aromatic carbocycles. The van der Waals surface area contributed by atoms with Gasteiger partial charge in [0.1, 0.15) is 5.75 Å². The van der Waals surface area contributed by atoms with Crippen LogP contribution >= 0.6 is 0 Å². The van der Waals surface area contributed by atoms with E-state index < -0.39 is 10.0 Å². The zero-order valence-electron chi connectivity index (χ0n) is 17.7. The Morgan fingerprint density at radius 3 is 2.48 bits per heavy atom.